The Balaban J connectivity index is 1.31. The van der Waals surface area contributed by atoms with E-state index in [1.54, 1.807) is 0 Å². The van der Waals surface area contributed by atoms with Crippen molar-refractivity contribution >= 4 is 11.8 Å². The zero-order valence-electron chi connectivity index (χ0n) is 16.4. The summed E-state index contributed by atoms with van der Waals surface area (Å²) < 4.78 is 0. The van der Waals surface area contributed by atoms with E-state index in [-0.39, 0.29) is 23.7 Å². The lowest BCUT2D eigenvalue weighted by molar-refractivity contribution is -0.130. The van der Waals surface area contributed by atoms with E-state index in [2.05, 4.69) is 22.8 Å². The van der Waals surface area contributed by atoms with Gasteiger partial charge in [-0.1, -0.05) is 60.7 Å². The number of hydrogen-bond donors (Lipinski definition) is 2. The highest BCUT2D eigenvalue weighted by Crippen LogP contribution is 2.29. The van der Waals surface area contributed by atoms with E-state index in [0.29, 0.717) is 13.1 Å². The molecule has 4 nitrogen and oxygen atoms in total. The van der Waals surface area contributed by atoms with Crippen LogP contribution in [0.25, 0.3) is 0 Å². The van der Waals surface area contributed by atoms with Gasteiger partial charge in [-0.15, -0.1) is 0 Å². The molecule has 0 aliphatic heterocycles. The van der Waals surface area contributed by atoms with Gasteiger partial charge in [0.2, 0.25) is 11.8 Å². The monoisotopic (exact) mass is 378 g/mol. The summed E-state index contributed by atoms with van der Waals surface area (Å²) in [6, 6.07) is 20.3. The Labute approximate surface area is 167 Å². The smallest absolute Gasteiger partial charge is 0.223 e. The van der Waals surface area contributed by atoms with Gasteiger partial charge in [0, 0.05) is 24.9 Å². The molecule has 0 radical (unpaired) electrons. The van der Waals surface area contributed by atoms with Gasteiger partial charge in [0.05, 0.1) is 0 Å². The SMILES string of the molecule is O=C(NCCCc1ccccc1)C1CCC(C(=O)NCc2ccccc2)CC1. The van der Waals surface area contributed by atoms with Crippen molar-refractivity contribution in [3.8, 4) is 0 Å². The standard InChI is InChI=1S/C24H30N2O2/c27-23(25-17-7-12-19-8-3-1-4-9-19)21-13-15-22(16-14-21)24(28)26-18-20-10-5-2-6-11-20/h1-6,8-11,21-22H,7,12-18H2,(H,25,27)(H,26,28). The number of amides is 2. The fraction of sp³-hybridized carbons (Fsp3) is 0.417. The number of rotatable bonds is 8. The van der Waals surface area contributed by atoms with Gasteiger partial charge in [0.15, 0.2) is 0 Å². The normalized spacial score (nSPS) is 19.0. The topological polar surface area (TPSA) is 58.2 Å². The van der Waals surface area contributed by atoms with Crippen molar-refractivity contribution in [1.82, 2.24) is 10.6 Å². The molecular weight excluding hydrogens is 348 g/mol. The zero-order chi connectivity index (χ0) is 19.6. The molecule has 0 unspecified atom stereocenters. The van der Waals surface area contributed by atoms with Gasteiger partial charge in [0.25, 0.3) is 0 Å². The largest absolute Gasteiger partial charge is 0.356 e. The van der Waals surface area contributed by atoms with Gasteiger partial charge in [-0.3, -0.25) is 9.59 Å². The molecule has 28 heavy (non-hydrogen) atoms. The van der Waals surface area contributed by atoms with Gasteiger partial charge in [0.1, 0.15) is 0 Å². The molecule has 1 aliphatic rings. The average Bonchev–Trinajstić information content (AvgIpc) is 2.76. The lowest BCUT2D eigenvalue weighted by Gasteiger charge is -2.27. The summed E-state index contributed by atoms with van der Waals surface area (Å²) in [7, 11) is 0. The molecule has 2 N–H and O–H groups in total. The minimum atomic E-state index is 0.0332. The van der Waals surface area contributed by atoms with Crippen LogP contribution in [0.15, 0.2) is 60.7 Å². The van der Waals surface area contributed by atoms with Gasteiger partial charge in [-0.25, -0.2) is 0 Å². The summed E-state index contributed by atoms with van der Waals surface area (Å²) in [5.74, 6) is 0.350. The first kappa shape index (κ1) is 20.1. The Bertz CT molecular complexity index is 738. The molecule has 2 aromatic carbocycles. The molecule has 148 valence electrons. The Kier molecular flexibility index (Phi) is 7.65. The summed E-state index contributed by atoms with van der Waals surface area (Å²) in [6.07, 6.45) is 5.12. The first-order chi connectivity index (χ1) is 13.7. The lowest BCUT2D eigenvalue weighted by atomic mass is 9.81. The molecule has 2 aromatic rings. The maximum absolute atomic E-state index is 12.4. The number of aryl methyl sites for hydroxylation is 1. The van der Waals surface area contributed by atoms with Crippen molar-refractivity contribution in [3.05, 3.63) is 71.8 Å². The van der Waals surface area contributed by atoms with E-state index in [1.165, 1.54) is 5.56 Å². The molecule has 3 rings (SSSR count). The fourth-order valence-corrected chi connectivity index (χ4v) is 3.84. The maximum atomic E-state index is 12.4. The number of carbonyl (C=O) groups excluding carboxylic acids is 2. The van der Waals surface area contributed by atoms with Crippen molar-refractivity contribution in [3.63, 3.8) is 0 Å². The van der Waals surface area contributed by atoms with Crippen LogP contribution in [0, 0.1) is 11.8 Å². The molecule has 1 fully saturated rings. The number of hydrogen-bond acceptors (Lipinski definition) is 2. The van der Waals surface area contributed by atoms with Crippen LogP contribution in [0.3, 0.4) is 0 Å². The van der Waals surface area contributed by atoms with Crippen molar-refractivity contribution in [2.45, 2.75) is 45.1 Å². The Morgan fingerprint density at radius 3 is 1.79 bits per heavy atom. The zero-order valence-corrected chi connectivity index (χ0v) is 16.4. The van der Waals surface area contributed by atoms with Crippen LogP contribution in [0.5, 0.6) is 0 Å². The van der Waals surface area contributed by atoms with Crippen molar-refractivity contribution in [2.75, 3.05) is 6.54 Å². The summed E-state index contributed by atoms with van der Waals surface area (Å²) in [6.45, 7) is 1.28. The molecule has 0 aromatic heterocycles. The van der Waals surface area contributed by atoms with E-state index in [4.69, 9.17) is 0 Å². The van der Waals surface area contributed by atoms with E-state index in [0.717, 1.165) is 44.1 Å². The molecule has 0 bridgehead atoms. The molecule has 0 spiro atoms. The van der Waals surface area contributed by atoms with Crippen LogP contribution in [-0.4, -0.2) is 18.4 Å². The third-order valence-electron chi connectivity index (χ3n) is 5.56. The van der Waals surface area contributed by atoms with Crippen LogP contribution in [0.1, 0.15) is 43.2 Å². The average molecular weight is 379 g/mol. The van der Waals surface area contributed by atoms with Gasteiger partial charge >= 0.3 is 0 Å². The van der Waals surface area contributed by atoms with E-state index < -0.39 is 0 Å². The first-order valence-corrected chi connectivity index (χ1v) is 10.4. The molecule has 1 aliphatic carbocycles. The van der Waals surface area contributed by atoms with Crippen LogP contribution >= 0.6 is 0 Å². The van der Waals surface area contributed by atoms with Crippen LogP contribution in [0.4, 0.5) is 0 Å². The molecule has 2 amide bonds. The van der Waals surface area contributed by atoms with Crippen LogP contribution in [-0.2, 0) is 22.6 Å². The van der Waals surface area contributed by atoms with Gasteiger partial charge < -0.3 is 10.6 Å². The van der Waals surface area contributed by atoms with Gasteiger partial charge in [-0.05, 0) is 49.7 Å². The lowest BCUT2D eigenvalue weighted by Crippen LogP contribution is -2.37. The van der Waals surface area contributed by atoms with E-state index in [9.17, 15) is 9.59 Å². The fourth-order valence-electron chi connectivity index (χ4n) is 3.84. The minimum Gasteiger partial charge on any atom is -0.356 e. The highest BCUT2D eigenvalue weighted by Gasteiger charge is 2.29. The number of nitrogens with one attached hydrogen (secondary N) is 2. The Morgan fingerprint density at radius 1 is 0.714 bits per heavy atom. The van der Waals surface area contributed by atoms with Crippen molar-refractivity contribution in [1.29, 1.82) is 0 Å². The number of carbonyl (C=O) groups is 2. The third-order valence-corrected chi connectivity index (χ3v) is 5.56. The molecule has 0 saturated heterocycles. The van der Waals surface area contributed by atoms with Gasteiger partial charge in [-0.2, -0.15) is 0 Å². The number of benzene rings is 2. The van der Waals surface area contributed by atoms with Crippen LogP contribution < -0.4 is 10.6 Å². The van der Waals surface area contributed by atoms with E-state index >= 15 is 0 Å². The van der Waals surface area contributed by atoms with Crippen molar-refractivity contribution < 1.29 is 9.59 Å². The summed E-state index contributed by atoms with van der Waals surface area (Å²) in [5.41, 5.74) is 2.41. The maximum Gasteiger partial charge on any atom is 0.223 e. The molecule has 0 atom stereocenters. The third kappa shape index (κ3) is 6.22. The molecule has 0 heterocycles. The highest BCUT2D eigenvalue weighted by molar-refractivity contribution is 5.81. The summed E-state index contributed by atoms with van der Waals surface area (Å²) in [4.78, 5) is 24.8. The minimum absolute atomic E-state index is 0.0332. The quantitative estimate of drug-likeness (QED) is 0.686. The summed E-state index contributed by atoms with van der Waals surface area (Å²) in [5, 5.41) is 6.10. The van der Waals surface area contributed by atoms with Crippen molar-refractivity contribution in [2.24, 2.45) is 11.8 Å². The molecule has 4 heteroatoms. The Hall–Kier alpha value is -2.62. The predicted octanol–water partition coefficient (Wildman–Crippen LogP) is 3.86. The first-order valence-electron chi connectivity index (χ1n) is 10.4. The highest BCUT2D eigenvalue weighted by atomic mass is 16.2. The van der Waals surface area contributed by atoms with E-state index in [1.807, 2.05) is 48.5 Å². The Morgan fingerprint density at radius 2 is 1.21 bits per heavy atom. The molecular formula is C24H30N2O2. The second-order valence-corrected chi connectivity index (χ2v) is 7.63. The second kappa shape index (κ2) is 10.6. The predicted molar refractivity (Wildman–Crippen MR) is 112 cm³/mol. The van der Waals surface area contributed by atoms with Crippen LogP contribution in [0.2, 0.25) is 0 Å². The second-order valence-electron chi connectivity index (χ2n) is 7.63. The summed E-state index contributed by atoms with van der Waals surface area (Å²) >= 11 is 0. The molecule has 1 saturated carbocycles.